The molecule has 0 saturated heterocycles. The molecule has 0 unspecified atom stereocenters. The molecule has 0 saturated carbocycles. The van der Waals surface area contributed by atoms with Crippen molar-refractivity contribution >= 4 is 34.5 Å². The Bertz CT molecular complexity index is 983. The second-order valence-electron chi connectivity index (χ2n) is 5.03. The van der Waals surface area contributed by atoms with Crippen molar-refractivity contribution in [3.05, 3.63) is 52.0 Å². The van der Waals surface area contributed by atoms with Crippen LogP contribution < -0.4 is 10.5 Å². The molecule has 0 aliphatic carbocycles. The molecule has 2 aromatic heterocycles. The predicted molar refractivity (Wildman–Crippen MR) is 89.2 cm³/mol. The molecule has 0 bridgehead atoms. The molecule has 0 fully saturated rings. The summed E-state index contributed by atoms with van der Waals surface area (Å²) in [5, 5.41) is 0.598. The van der Waals surface area contributed by atoms with E-state index in [1.807, 2.05) is 17.0 Å². The van der Waals surface area contributed by atoms with Crippen LogP contribution in [0.5, 0.6) is 0 Å². The molecule has 0 spiro atoms. The minimum atomic E-state index is -0.526. The SMILES string of the molecule is O=c1oc(-c2ncccc2N2C=NCC2)nc2cccc(Cl)c12. The highest BCUT2D eigenvalue weighted by molar-refractivity contribution is 6.35. The topological polar surface area (TPSA) is 71.6 Å². The normalized spacial score (nSPS) is 13.9. The van der Waals surface area contributed by atoms with Crippen LogP contribution in [0.2, 0.25) is 5.02 Å². The monoisotopic (exact) mass is 326 g/mol. The lowest BCUT2D eigenvalue weighted by Gasteiger charge is -2.16. The molecule has 3 aromatic rings. The summed E-state index contributed by atoms with van der Waals surface area (Å²) < 4.78 is 5.37. The first kappa shape index (κ1) is 13.9. The van der Waals surface area contributed by atoms with Gasteiger partial charge in [0.05, 0.1) is 29.1 Å². The van der Waals surface area contributed by atoms with E-state index in [2.05, 4.69) is 15.0 Å². The summed E-state index contributed by atoms with van der Waals surface area (Å²) in [5.41, 5.74) is 1.25. The number of anilines is 1. The molecule has 1 aliphatic rings. The van der Waals surface area contributed by atoms with Gasteiger partial charge in [-0.15, -0.1) is 0 Å². The third-order valence-electron chi connectivity index (χ3n) is 3.60. The molecule has 6 nitrogen and oxygen atoms in total. The number of rotatable bonds is 2. The molecule has 23 heavy (non-hydrogen) atoms. The summed E-state index contributed by atoms with van der Waals surface area (Å²) in [5.74, 6) is 0.167. The Morgan fingerprint density at radius 1 is 1.22 bits per heavy atom. The summed E-state index contributed by atoms with van der Waals surface area (Å²) in [7, 11) is 0. The quantitative estimate of drug-likeness (QED) is 0.724. The first-order chi connectivity index (χ1) is 11.2. The van der Waals surface area contributed by atoms with E-state index in [0.717, 1.165) is 18.8 Å². The highest BCUT2D eigenvalue weighted by Gasteiger charge is 2.19. The van der Waals surface area contributed by atoms with Gasteiger partial charge in [-0.05, 0) is 24.3 Å². The number of benzene rings is 1. The molecule has 0 radical (unpaired) electrons. The van der Waals surface area contributed by atoms with Crippen LogP contribution in [0.25, 0.3) is 22.5 Å². The number of halogens is 1. The number of nitrogens with zero attached hydrogens (tertiary/aromatic N) is 4. The average Bonchev–Trinajstić information content (AvgIpc) is 3.09. The number of fused-ring (bicyclic) bond motifs is 1. The fourth-order valence-corrected chi connectivity index (χ4v) is 2.78. The largest absolute Gasteiger partial charge is 0.401 e. The number of hydrogen-bond donors (Lipinski definition) is 0. The molecule has 1 aromatic carbocycles. The lowest BCUT2D eigenvalue weighted by molar-refractivity contribution is 0.516. The number of aromatic nitrogens is 2. The molecule has 0 N–H and O–H groups in total. The zero-order valence-electron chi connectivity index (χ0n) is 11.9. The zero-order chi connectivity index (χ0) is 15.8. The Labute approximate surface area is 136 Å². The van der Waals surface area contributed by atoms with Crippen molar-refractivity contribution < 1.29 is 4.42 Å². The van der Waals surface area contributed by atoms with Crippen molar-refractivity contribution in [3.63, 3.8) is 0 Å². The van der Waals surface area contributed by atoms with Crippen molar-refractivity contribution in [2.75, 3.05) is 18.0 Å². The summed E-state index contributed by atoms with van der Waals surface area (Å²) >= 11 is 6.05. The van der Waals surface area contributed by atoms with Crippen molar-refractivity contribution in [3.8, 4) is 11.6 Å². The zero-order valence-corrected chi connectivity index (χ0v) is 12.7. The number of pyridine rings is 1. The van der Waals surface area contributed by atoms with Gasteiger partial charge in [0.1, 0.15) is 11.1 Å². The minimum Gasteiger partial charge on any atom is -0.401 e. The van der Waals surface area contributed by atoms with E-state index in [0.29, 0.717) is 16.2 Å². The summed E-state index contributed by atoms with van der Waals surface area (Å²) in [6.45, 7) is 1.47. The van der Waals surface area contributed by atoms with Crippen molar-refractivity contribution in [1.82, 2.24) is 9.97 Å². The van der Waals surface area contributed by atoms with Crippen LogP contribution in [0, 0.1) is 0 Å². The molecule has 3 heterocycles. The van der Waals surface area contributed by atoms with Crippen LogP contribution in [-0.2, 0) is 0 Å². The van der Waals surface area contributed by atoms with Crippen molar-refractivity contribution in [2.24, 2.45) is 4.99 Å². The molecule has 0 atom stereocenters. The van der Waals surface area contributed by atoms with Gasteiger partial charge < -0.3 is 9.32 Å². The van der Waals surface area contributed by atoms with Gasteiger partial charge in [-0.25, -0.2) is 14.8 Å². The molecule has 4 rings (SSSR count). The lowest BCUT2D eigenvalue weighted by atomic mass is 10.2. The lowest BCUT2D eigenvalue weighted by Crippen LogP contribution is -2.19. The maximum absolute atomic E-state index is 12.3. The van der Waals surface area contributed by atoms with Gasteiger partial charge in [-0.3, -0.25) is 4.99 Å². The van der Waals surface area contributed by atoms with Gasteiger partial charge in [0.25, 0.3) is 5.89 Å². The smallest absolute Gasteiger partial charge is 0.348 e. The van der Waals surface area contributed by atoms with Crippen LogP contribution in [0.4, 0.5) is 5.69 Å². The average molecular weight is 327 g/mol. The minimum absolute atomic E-state index is 0.167. The van der Waals surface area contributed by atoms with Gasteiger partial charge in [-0.2, -0.15) is 0 Å². The van der Waals surface area contributed by atoms with E-state index in [4.69, 9.17) is 16.0 Å². The van der Waals surface area contributed by atoms with E-state index < -0.39 is 5.63 Å². The standard InChI is InChI=1S/C16H11ClN4O2/c17-10-3-1-4-11-13(10)16(22)23-15(20-11)14-12(5-2-6-19-14)21-8-7-18-9-21/h1-6,9H,7-8H2. The van der Waals surface area contributed by atoms with Crippen LogP contribution >= 0.6 is 11.6 Å². The van der Waals surface area contributed by atoms with E-state index in [1.54, 1.807) is 30.7 Å². The molecule has 1 aliphatic heterocycles. The fraction of sp³-hybridized carbons (Fsp3) is 0.125. The van der Waals surface area contributed by atoms with Crippen LogP contribution in [-0.4, -0.2) is 29.4 Å². The highest BCUT2D eigenvalue weighted by Crippen LogP contribution is 2.28. The van der Waals surface area contributed by atoms with E-state index in [9.17, 15) is 4.79 Å². The predicted octanol–water partition coefficient (Wildman–Crippen LogP) is 2.75. The highest BCUT2D eigenvalue weighted by atomic mass is 35.5. The second kappa shape index (κ2) is 5.48. The molecule has 114 valence electrons. The third-order valence-corrected chi connectivity index (χ3v) is 3.91. The van der Waals surface area contributed by atoms with Crippen LogP contribution in [0.1, 0.15) is 0 Å². The van der Waals surface area contributed by atoms with Crippen LogP contribution in [0.15, 0.2) is 50.7 Å². The van der Waals surface area contributed by atoms with E-state index >= 15 is 0 Å². The first-order valence-corrected chi connectivity index (χ1v) is 7.43. The van der Waals surface area contributed by atoms with Gasteiger partial charge in [0.2, 0.25) is 0 Å². The first-order valence-electron chi connectivity index (χ1n) is 7.05. The maximum Gasteiger partial charge on any atom is 0.348 e. The van der Waals surface area contributed by atoms with E-state index in [-0.39, 0.29) is 11.3 Å². The molecule has 0 amide bonds. The number of aliphatic imine (C=N–C) groups is 1. The fourth-order valence-electron chi connectivity index (χ4n) is 2.54. The van der Waals surface area contributed by atoms with Crippen molar-refractivity contribution in [1.29, 1.82) is 0 Å². The second-order valence-corrected chi connectivity index (χ2v) is 5.43. The maximum atomic E-state index is 12.3. The Morgan fingerprint density at radius 3 is 2.96 bits per heavy atom. The summed E-state index contributed by atoms with van der Waals surface area (Å²) in [4.78, 5) is 27.2. The third kappa shape index (κ3) is 2.37. The molecule has 7 heteroatoms. The Balaban J connectivity index is 1.94. The summed E-state index contributed by atoms with van der Waals surface area (Å²) in [6, 6.07) is 8.81. The van der Waals surface area contributed by atoms with Crippen molar-refractivity contribution in [2.45, 2.75) is 0 Å². The van der Waals surface area contributed by atoms with Gasteiger partial charge in [0, 0.05) is 12.7 Å². The Kier molecular flexibility index (Phi) is 3.31. The number of hydrogen-bond acceptors (Lipinski definition) is 6. The van der Waals surface area contributed by atoms with E-state index in [1.165, 1.54) is 0 Å². The Morgan fingerprint density at radius 2 is 2.13 bits per heavy atom. The van der Waals surface area contributed by atoms with Gasteiger partial charge >= 0.3 is 5.63 Å². The van der Waals surface area contributed by atoms with Gasteiger partial charge in [0.15, 0.2) is 0 Å². The van der Waals surface area contributed by atoms with Crippen LogP contribution in [0.3, 0.4) is 0 Å². The van der Waals surface area contributed by atoms with Gasteiger partial charge in [-0.1, -0.05) is 17.7 Å². The molecular formula is C16H11ClN4O2. The summed E-state index contributed by atoms with van der Waals surface area (Å²) in [6.07, 6.45) is 3.38. The Hall–Kier alpha value is -2.73. The molecular weight excluding hydrogens is 316 g/mol.